The molecule has 0 fully saturated rings. The highest BCUT2D eigenvalue weighted by Crippen LogP contribution is 2.46. The Morgan fingerprint density at radius 1 is 0.493 bits per heavy atom. The van der Waals surface area contributed by atoms with Crippen molar-refractivity contribution in [2.45, 2.75) is 332 Å². The smallest absolute Gasteiger partial charge is 0.500 e. The number of rotatable bonds is 48. The third-order valence-corrected chi connectivity index (χ3v) is 18.2. The molecule has 1 heterocycles. The molecule has 0 N–H and O–H groups in total. The fraction of sp³-hybridized carbons (Fsp3) is 0.848. The first-order chi connectivity index (χ1) is 34.3. The molecule has 0 aliphatic carbocycles. The first-order valence-corrected chi connectivity index (χ1v) is 33.7. The van der Waals surface area contributed by atoms with Crippen molar-refractivity contribution in [2.24, 2.45) is 17.8 Å². The van der Waals surface area contributed by atoms with Crippen LogP contribution < -0.4 is 9.16 Å². The largest absolute Gasteiger partial charge is 0.562 e. The topological polar surface area (TPSA) is 36.9 Å². The molecule has 3 atom stereocenters. The number of hydrogen-bond donors (Lipinski definition) is 0. The zero-order chi connectivity index (χ0) is 51.8. The summed E-state index contributed by atoms with van der Waals surface area (Å²) < 4.78 is 27.7. The van der Waals surface area contributed by atoms with Gasteiger partial charge in [0.25, 0.3) is 0 Å². The molecular formula is C66H122O4Si. The molecule has 1 aliphatic heterocycles. The Bertz CT molecular complexity index is 1440. The summed E-state index contributed by atoms with van der Waals surface area (Å²) in [6.45, 7) is 26.9. The van der Waals surface area contributed by atoms with Gasteiger partial charge in [-0.3, -0.25) is 0 Å². The molecule has 0 saturated heterocycles. The molecular weight excluding hydrogens is 885 g/mol. The van der Waals surface area contributed by atoms with Crippen LogP contribution in [0, 0.1) is 38.5 Å². The second-order valence-corrected chi connectivity index (χ2v) is 26.5. The van der Waals surface area contributed by atoms with Crippen LogP contribution >= 0.6 is 0 Å². The quantitative estimate of drug-likeness (QED) is 0.0370. The van der Waals surface area contributed by atoms with Gasteiger partial charge in [0.2, 0.25) is 0 Å². The van der Waals surface area contributed by atoms with Gasteiger partial charge in [0, 0.05) is 25.3 Å². The van der Waals surface area contributed by atoms with Crippen LogP contribution in [-0.2, 0) is 15.3 Å². The minimum atomic E-state index is -2.98. The summed E-state index contributed by atoms with van der Waals surface area (Å²) in [5.74, 6) is 4.58. The lowest BCUT2D eigenvalue weighted by atomic mass is 9.84. The third kappa shape index (κ3) is 31.8. The van der Waals surface area contributed by atoms with Gasteiger partial charge in [-0.15, -0.1) is 0 Å². The van der Waals surface area contributed by atoms with Gasteiger partial charge in [-0.2, -0.15) is 0 Å². The van der Waals surface area contributed by atoms with Crippen LogP contribution in [0.1, 0.15) is 315 Å². The number of ether oxygens (including phenoxy) is 1. The van der Waals surface area contributed by atoms with E-state index in [1.54, 1.807) is 0 Å². The highest BCUT2D eigenvalue weighted by molar-refractivity contribution is 6.60. The molecule has 1 aromatic carbocycles. The maximum atomic E-state index is 7.11. The van der Waals surface area contributed by atoms with Crippen LogP contribution in [0.5, 0.6) is 11.5 Å². The minimum absolute atomic E-state index is 0.118. The molecule has 1 aliphatic rings. The van der Waals surface area contributed by atoms with Gasteiger partial charge >= 0.3 is 8.80 Å². The monoisotopic (exact) mass is 1010 g/mol. The average Bonchev–Trinajstić information content (AvgIpc) is 3.34. The molecule has 0 spiro atoms. The van der Waals surface area contributed by atoms with Crippen LogP contribution in [0.2, 0.25) is 6.55 Å². The van der Waals surface area contributed by atoms with E-state index in [0.29, 0.717) is 13.2 Å². The number of unbranched alkanes of at least 4 members (excludes halogenated alkanes) is 24. The zero-order valence-corrected chi connectivity index (χ0v) is 50.7. The number of benzene rings is 1. The van der Waals surface area contributed by atoms with E-state index in [-0.39, 0.29) is 5.60 Å². The first kappa shape index (κ1) is 65.5. The fourth-order valence-corrected chi connectivity index (χ4v) is 12.8. The third-order valence-electron chi connectivity index (χ3n) is 16.2. The van der Waals surface area contributed by atoms with Crippen LogP contribution in [0.15, 0.2) is 24.3 Å². The maximum Gasteiger partial charge on any atom is 0.562 e. The Labute approximate surface area is 445 Å². The van der Waals surface area contributed by atoms with Crippen LogP contribution in [0.4, 0.5) is 0 Å². The SMILES string of the molecule is CCCCCCCC/C=C\CCCCCCCCO[Si](C)(OCCCCCCCC/C=C\CCCCCCCC)Oc1c(C)c(C)c2c(c1C)CC[C@](C)(CCC[C@@H](C)CCC[C@@H](C)CCCC(C)C)O2. The number of hydrogen-bond acceptors (Lipinski definition) is 4. The van der Waals surface area contributed by atoms with Gasteiger partial charge in [0.15, 0.2) is 0 Å². The Kier molecular flexibility index (Phi) is 38.5. The van der Waals surface area contributed by atoms with Crippen molar-refractivity contribution in [3.8, 4) is 11.5 Å². The van der Waals surface area contributed by atoms with Gasteiger partial charge in [-0.1, -0.05) is 226 Å². The Balaban J connectivity index is 1.89. The minimum Gasteiger partial charge on any atom is -0.500 e. The highest BCUT2D eigenvalue weighted by Gasteiger charge is 2.40. The summed E-state index contributed by atoms with van der Waals surface area (Å²) in [6.07, 6.45) is 60.4. The van der Waals surface area contributed by atoms with E-state index in [0.717, 1.165) is 61.4 Å². The van der Waals surface area contributed by atoms with Crippen LogP contribution in [0.3, 0.4) is 0 Å². The van der Waals surface area contributed by atoms with Crippen LogP contribution in [0.25, 0.3) is 0 Å². The second-order valence-electron chi connectivity index (χ2n) is 24.0. The molecule has 0 aromatic heterocycles. The molecule has 71 heavy (non-hydrogen) atoms. The molecule has 4 nitrogen and oxygen atoms in total. The molecule has 0 amide bonds. The lowest BCUT2D eigenvalue weighted by molar-refractivity contribution is 0.0510. The summed E-state index contributed by atoms with van der Waals surface area (Å²) in [7, 11) is -2.98. The van der Waals surface area contributed by atoms with Crippen molar-refractivity contribution in [1.29, 1.82) is 0 Å². The normalized spacial score (nSPS) is 16.1. The van der Waals surface area contributed by atoms with Crippen LogP contribution in [-0.4, -0.2) is 27.6 Å². The standard InChI is InChI=1S/C66H122O4Si/c1-12-14-16-18-20-22-24-26-28-30-32-34-36-38-40-42-55-67-71(11,68-56-43-41-39-37-35-33-31-29-27-25-23-21-19-17-15-13-2)70-64-60(7)61(8)65-63(62(64)9)52-54-66(10,69-65)53-46-51-59(6)50-45-49-58(5)48-44-47-57(3)4/h26-29,57-59H,12-25,30-56H2,1-11H3/b28-26-,29-27-/t58-,59-,66-/m0/s1. The molecule has 0 bridgehead atoms. The van der Waals surface area contributed by atoms with E-state index >= 15 is 0 Å². The van der Waals surface area contributed by atoms with E-state index in [2.05, 4.69) is 100 Å². The maximum absolute atomic E-state index is 7.11. The summed E-state index contributed by atoms with van der Waals surface area (Å²) >= 11 is 0. The van der Waals surface area contributed by atoms with Gasteiger partial charge in [0.1, 0.15) is 17.1 Å². The first-order valence-electron chi connectivity index (χ1n) is 31.4. The zero-order valence-electron chi connectivity index (χ0n) is 49.7. The average molecular weight is 1010 g/mol. The van der Waals surface area contributed by atoms with E-state index in [4.69, 9.17) is 18.0 Å². The molecule has 0 saturated carbocycles. The predicted molar refractivity (Wildman–Crippen MR) is 316 cm³/mol. The Morgan fingerprint density at radius 3 is 1.32 bits per heavy atom. The second kappa shape index (κ2) is 41.7. The lowest BCUT2D eigenvalue weighted by Crippen LogP contribution is -2.47. The molecule has 0 radical (unpaired) electrons. The molecule has 0 unspecified atom stereocenters. The van der Waals surface area contributed by atoms with Crippen molar-refractivity contribution in [3.05, 3.63) is 46.6 Å². The number of allylic oxidation sites excluding steroid dienone is 4. The molecule has 2 rings (SSSR count). The highest BCUT2D eigenvalue weighted by atomic mass is 28.4. The van der Waals surface area contributed by atoms with Crippen molar-refractivity contribution in [2.75, 3.05) is 13.2 Å². The summed E-state index contributed by atoms with van der Waals surface area (Å²) in [5.41, 5.74) is 4.83. The summed E-state index contributed by atoms with van der Waals surface area (Å²) in [6, 6.07) is 0. The molecule has 1 aromatic rings. The van der Waals surface area contributed by atoms with Crippen molar-refractivity contribution in [1.82, 2.24) is 0 Å². The van der Waals surface area contributed by atoms with E-state index < -0.39 is 8.80 Å². The molecule has 5 heteroatoms. The van der Waals surface area contributed by atoms with Gasteiger partial charge in [0.05, 0.1) is 0 Å². The predicted octanol–water partition coefficient (Wildman–Crippen LogP) is 22.2. The summed E-state index contributed by atoms with van der Waals surface area (Å²) in [5, 5.41) is 0. The summed E-state index contributed by atoms with van der Waals surface area (Å²) in [4.78, 5) is 0. The Morgan fingerprint density at radius 2 is 0.887 bits per heavy atom. The van der Waals surface area contributed by atoms with Crippen molar-refractivity contribution in [3.63, 3.8) is 0 Å². The van der Waals surface area contributed by atoms with Gasteiger partial charge in [-0.05, 0) is 152 Å². The van der Waals surface area contributed by atoms with Gasteiger partial charge in [-0.25, -0.2) is 0 Å². The van der Waals surface area contributed by atoms with Crippen molar-refractivity contribution >= 4 is 8.80 Å². The fourth-order valence-electron chi connectivity index (χ4n) is 10.9. The van der Waals surface area contributed by atoms with E-state index in [9.17, 15) is 0 Å². The van der Waals surface area contributed by atoms with Gasteiger partial charge < -0.3 is 18.0 Å². The Hall–Kier alpha value is -1.56. The van der Waals surface area contributed by atoms with Crippen molar-refractivity contribution < 1.29 is 18.0 Å². The van der Waals surface area contributed by atoms with E-state index in [1.807, 2.05) is 0 Å². The lowest BCUT2D eigenvalue weighted by Gasteiger charge is -2.39. The molecule has 414 valence electrons. The van der Waals surface area contributed by atoms with E-state index in [1.165, 1.54) is 241 Å². The number of fused-ring (bicyclic) bond motifs is 1.